The molecule has 0 aliphatic heterocycles. The van der Waals surface area contributed by atoms with E-state index in [4.69, 9.17) is 5.26 Å². The van der Waals surface area contributed by atoms with Gasteiger partial charge in [0.15, 0.2) is 11.0 Å². The van der Waals surface area contributed by atoms with Gasteiger partial charge in [-0.3, -0.25) is 9.36 Å². The average Bonchev–Trinajstić information content (AvgIpc) is 3.39. The Morgan fingerprint density at radius 2 is 1.94 bits per heavy atom. The van der Waals surface area contributed by atoms with E-state index in [2.05, 4.69) is 27.6 Å². The van der Waals surface area contributed by atoms with Crippen molar-refractivity contribution in [3.63, 3.8) is 0 Å². The number of benzene rings is 2. The molecule has 0 spiro atoms. The molecule has 2 aromatic carbocycles. The molecule has 1 amide bonds. The largest absolute Gasteiger partial charge is 0.316 e. The lowest BCUT2D eigenvalue weighted by Gasteiger charge is -2.11. The molecular weight excluding hydrogens is 426 g/mol. The maximum atomic E-state index is 12.5. The van der Waals surface area contributed by atoms with Gasteiger partial charge in [0.2, 0.25) is 5.91 Å². The van der Waals surface area contributed by atoms with E-state index in [1.165, 1.54) is 23.1 Å². The Kier molecular flexibility index (Phi) is 6.16. The molecule has 1 N–H and O–H groups in total. The third-order valence-electron chi connectivity index (χ3n) is 4.57. The average molecular weight is 446 g/mol. The van der Waals surface area contributed by atoms with Crippen molar-refractivity contribution in [1.29, 1.82) is 5.26 Å². The number of rotatable bonds is 6. The SMILES string of the molecule is Cc1ccc(-n2c(SCC(=O)Nc3sccc3C#N)nnc2-c2cccc(C)c2)cc1. The summed E-state index contributed by atoms with van der Waals surface area (Å²) in [6, 6.07) is 20.0. The number of aryl methyl sites for hydroxylation is 2. The number of thiophene rings is 1. The van der Waals surface area contributed by atoms with Gasteiger partial charge in [-0.1, -0.05) is 53.2 Å². The Morgan fingerprint density at radius 1 is 1.13 bits per heavy atom. The molecule has 31 heavy (non-hydrogen) atoms. The number of nitrogens with zero attached hydrogens (tertiary/aromatic N) is 4. The van der Waals surface area contributed by atoms with Crippen LogP contribution in [0.25, 0.3) is 17.1 Å². The van der Waals surface area contributed by atoms with Crippen LogP contribution in [0.2, 0.25) is 0 Å². The molecule has 2 heterocycles. The minimum Gasteiger partial charge on any atom is -0.316 e. The second-order valence-corrected chi connectivity index (χ2v) is 8.82. The van der Waals surface area contributed by atoms with Gasteiger partial charge in [0.05, 0.1) is 11.3 Å². The summed E-state index contributed by atoms with van der Waals surface area (Å²) in [6.07, 6.45) is 0. The summed E-state index contributed by atoms with van der Waals surface area (Å²) in [5.41, 5.74) is 4.65. The van der Waals surface area contributed by atoms with Crippen molar-refractivity contribution in [3.05, 3.63) is 76.7 Å². The molecule has 0 radical (unpaired) electrons. The third kappa shape index (κ3) is 4.68. The predicted molar refractivity (Wildman–Crippen MR) is 125 cm³/mol. The first-order valence-corrected chi connectivity index (χ1v) is 11.4. The fraction of sp³-hybridized carbons (Fsp3) is 0.130. The van der Waals surface area contributed by atoms with Crippen LogP contribution >= 0.6 is 23.1 Å². The van der Waals surface area contributed by atoms with Crippen LogP contribution in [0.15, 0.2) is 65.1 Å². The molecular formula is C23H19N5OS2. The van der Waals surface area contributed by atoms with Gasteiger partial charge < -0.3 is 5.32 Å². The smallest absolute Gasteiger partial charge is 0.235 e. The Bertz CT molecular complexity index is 1270. The molecule has 0 atom stereocenters. The molecule has 154 valence electrons. The molecule has 8 heteroatoms. The quantitative estimate of drug-likeness (QED) is 0.412. The van der Waals surface area contributed by atoms with Gasteiger partial charge in [-0.05, 0) is 43.5 Å². The van der Waals surface area contributed by atoms with E-state index in [9.17, 15) is 4.79 Å². The number of hydrogen-bond acceptors (Lipinski definition) is 6. The van der Waals surface area contributed by atoms with E-state index >= 15 is 0 Å². The van der Waals surface area contributed by atoms with Crippen molar-refractivity contribution < 1.29 is 4.79 Å². The molecule has 0 fully saturated rings. The number of amides is 1. The number of nitriles is 1. The molecule has 0 saturated heterocycles. The molecule has 6 nitrogen and oxygen atoms in total. The standard InChI is InChI=1S/C23H19N5OS2/c1-15-6-8-19(9-7-15)28-21(17-5-3-4-16(2)12-17)26-27-23(28)31-14-20(29)25-22-18(13-24)10-11-30-22/h3-12H,14H2,1-2H3,(H,25,29). The summed E-state index contributed by atoms with van der Waals surface area (Å²) in [5.74, 6) is 0.681. The zero-order chi connectivity index (χ0) is 21.8. The van der Waals surface area contributed by atoms with Gasteiger partial charge in [-0.25, -0.2) is 0 Å². The monoisotopic (exact) mass is 445 g/mol. The van der Waals surface area contributed by atoms with E-state index in [0.717, 1.165) is 28.2 Å². The Labute approximate surface area is 188 Å². The Balaban J connectivity index is 1.62. The van der Waals surface area contributed by atoms with E-state index < -0.39 is 0 Å². The zero-order valence-corrected chi connectivity index (χ0v) is 18.6. The number of nitrogens with one attached hydrogen (secondary N) is 1. The first-order chi connectivity index (χ1) is 15.0. The number of hydrogen-bond donors (Lipinski definition) is 1. The number of carbonyl (C=O) groups is 1. The maximum absolute atomic E-state index is 12.5. The Morgan fingerprint density at radius 3 is 2.68 bits per heavy atom. The van der Waals surface area contributed by atoms with Crippen molar-refractivity contribution in [2.75, 3.05) is 11.1 Å². The van der Waals surface area contributed by atoms with Crippen LogP contribution in [-0.2, 0) is 4.79 Å². The first kappa shape index (κ1) is 20.8. The molecule has 0 aliphatic carbocycles. The normalized spacial score (nSPS) is 10.6. The van der Waals surface area contributed by atoms with E-state index in [1.807, 2.05) is 60.9 Å². The van der Waals surface area contributed by atoms with Crippen molar-refractivity contribution in [3.8, 4) is 23.1 Å². The molecule has 0 bridgehead atoms. The molecule has 0 saturated carbocycles. The second-order valence-electron chi connectivity index (χ2n) is 6.96. The number of carbonyl (C=O) groups excluding carboxylic acids is 1. The van der Waals surface area contributed by atoms with E-state index in [1.54, 1.807) is 11.4 Å². The van der Waals surface area contributed by atoms with Crippen molar-refractivity contribution >= 4 is 34.0 Å². The van der Waals surface area contributed by atoms with Crippen LogP contribution in [0.4, 0.5) is 5.00 Å². The fourth-order valence-corrected chi connectivity index (χ4v) is 4.55. The second kappa shape index (κ2) is 9.16. The van der Waals surface area contributed by atoms with Gasteiger partial charge in [0.1, 0.15) is 11.1 Å². The van der Waals surface area contributed by atoms with Crippen LogP contribution in [0, 0.1) is 25.2 Å². The summed E-state index contributed by atoms with van der Waals surface area (Å²) in [5, 5.41) is 23.7. The van der Waals surface area contributed by atoms with Crippen LogP contribution in [0.1, 0.15) is 16.7 Å². The topological polar surface area (TPSA) is 83.6 Å². The van der Waals surface area contributed by atoms with Crippen LogP contribution in [0.3, 0.4) is 0 Å². The van der Waals surface area contributed by atoms with E-state index in [-0.39, 0.29) is 11.7 Å². The summed E-state index contributed by atoms with van der Waals surface area (Å²) in [6.45, 7) is 4.08. The Hall–Kier alpha value is -3.41. The summed E-state index contributed by atoms with van der Waals surface area (Å²) >= 11 is 2.64. The van der Waals surface area contributed by atoms with Gasteiger partial charge in [-0.2, -0.15) is 5.26 Å². The van der Waals surface area contributed by atoms with Crippen molar-refractivity contribution in [2.24, 2.45) is 0 Å². The highest BCUT2D eigenvalue weighted by molar-refractivity contribution is 7.99. The molecule has 0 aliphatic rings. The zero-order valence-electron chi connectivity index (χ0n) is 17.0. The molecule has 2 aromatic heterocycles. The van der Waals surface area contributed by atoms with Gasteiger partial charge in [0.25, 0.3) is 0 Å². The first-order valence-electron chi connectivity index (χ1n) is 9.55. The summed E-state index contributed by atoms with van der Waals surface area (Å²) < 4.78 is 1.97. The lowest BCUT2D eigenvalue weighted by molar-refractivity contribution is -0.113. The molecule has 4 aromatic rings. The molecule has 0 unspecified atom stereocenters. The highest BCUT2D eigenvalue weighted by atomic mass is 32.2. The maximum Gasteiger partial charge on any atom is 0.235 e. The van der Waals surface area contributed by atoms with Gasteiger partial charge >= 0.3 is 0 Å². The lowest BCUT2D eigenvalue weighted by Crippen LogP contribution is -2.14. The minimum absolute atomic E-state index is 0.153. The van der Waals surface area contributed by atoms with Gasteiger partial charge in [0, 0.05) is 11.3 Å². The van der Waals surface area contributed by atoms with Crippen LogP contribution in [-0.4, -0.2) is 26.4 Å². The highest BCUT2D eigenvalue weighted by Crippen LogP contribution is 2.29. The predicted octanol–water partition coefficient (Wildman–Crippen LogP) is 5.22. The highest BCUT2D eigenvalue weighted by Gasteiger charge is 2.18. The van der Waals surface area contributed by atoms with Crippen molar-refractivity contribution in [1.82, 2.24) is 14.8 Å². The van der Waals surface area contributed by atoms with Crippen molar-refractivity contribution in [2.45, 2.75) is 19.0 Å². The summed E-state index contributed by atoms with van der Waals surface area (Å²) in [4.78, 5) is 12.5. The minimum atomic E-state index is -0.195. The van der Waals surface area contributed by atoms with Gasteiger partial charge in [-0.15, -0.1) is 21.5 Å². The van der Waals surface area contributed by atoms with Crippen LogP contribution < -0.4 is 5.32 Å². The fourth-order valence-electron chi connectivity index (χ4n) is 3.05. The molecule has 4 rings (SSSR count). The lowest BCUT2D eigenvalue weighted by atomic mass is 10.1. The number of thioether (sulfide) groups is 1. The summed E-state index contributed by atoms with van der Waals surface area (Å²) in [7, 11) is 0. The number of anilines is 1. The third-order valence-corrected chi connectivity index (χ3v) is 6.33. The van der Waals surface area contributed by atoms with E-state index in [0.29, 0.717) is 15.7 Å². The van der Waals surface area contributed by atoms with Crippen LogP contribution in [0.5, 0.6) is 0 Å². The number of aromatic nitrogens is 3.